The van der Waals surface area contributed by atoms with Gasteiger partial charge in [0.05, 0.1) is 6.04 Å². The van der Waals surface area contributed by atoms with Gasteiger partial charge in [0.1, 0.15) is 0 Å². The molecule has 0 saturated carbocycles. The Kier molecular flexibility index (Phi) is 3.83. The summed E-state index contributed by atoms with van der Waals surface area (Å²) in [5.74, 6) is 0.737. The van der Waals surface area contributed by atoms with Crippen molar-refractivity contribution in [3.63, 3.8) is 0 Å². The van der Waals surface area contributed by atoms with Gasteiger partial charge in [0, 0.05) is 6.42 Å². The van der Waals surface area contributed by atoms with Crippen LogP contribution in [0.2, 0.25) is 0 Å². The second-order valence-electron chi connectivity index (χ2n) is 5.77. The van der Waals surface area contributed by atoms with Crippen LogP contribution in [0.4, 0.5) is 0 Å². The Morgan fingerprint density at radius 3 is 3.05 bits per heavy atom. The number of aryl methyl sites for hydroxylation is 1. The first kappa shape index (κ1) is 12.7. The van der Waals surface area contributed by atoms with Gasteiger partial charge in [-0.15, -0.1) is 0 Å². The quantitative estimate of drug-likeness (QED) is 0.872. The summed E-state index contributed by atoms with van der Waals surface area (Å²) in [5, 5.41) is 6.59. The molecule has 3 heteroatoms. The van der Waals surface area contributed by atoms with Crippen LogP contribution in [0.5, 0.6) is 0 Å². The maximum Gasteiger partial charge on any atom is 0.220 e. The lowest BCUT2D eigenvalue weighted by molar-refractivity contribution is -0.122. The highest BCUT2D eigenvalue weighted by Crippen LogP contribution is 2.30. The van der Waals surface area contributed by atoms with Crippen LogP contribution in [0, 0.1) is 5.92 Å². The molecule has 3 rings (SSSR count). The van der Waals surface area contributed by atoms with Crippen molar-refractivity contribution in [2.45, 2.75) is 38.1 Å². The standard InChI is InChI=1S/C16H22N2O/c19-16(10-12-4-3-9-17-11-12)18-15-8-7-13-5-1-2-6-14(13)15/h1-2,5-6,12,15,17H,3-4,7-11H2,(H,18,19). The molecule has 102 valence electrons. The summed E-state index contributed by atoms with van der Waals surface area (Å²) in [4.78, 5) is 12.1. The predicted molar refractivity (Wildman–Crippen MR) is 75.9 cm³/mol. The zero-order chi connectivity index (χ0) is 13.1. The van der Waals surface area contributed by atoms with Gasteiger partial charge < -0.3 is 10.6 Å². The third-order valence-corrected chi connectivity index (χ3v) is 4.34. The predicted octanol–water partition coefficient (Wildman–Crippen LogP) is 2.18. The summed E-state index contributed by atoms with van der Waals surface area (Å²) >= 11 is 0. The SMILES string of the molecule is O=C(CC1CCCNC1)NC1CCc2ccccc21. The number of amides is 1. The molecule has 1 aliphatic carbocycles. The van der Waals surface area contributed by atoms with Crippen molar-refractivity contribution in [3.8, 4) is 0 Å². The highest BCUT2D eigenvalue weighted by atomic mass is 16.1. The summed E-state index contributed by atoms with van der Waals surface area (Å²) in [5.41, 5.74) is 2.71. The lowest BCUT2D eigenvalue weighted by Crippen LogP contribution is -2.35. The molecular weight excluding hydrogens is 236 g/mol. The Bertz CT molecular complexity index is 452. The van der Waals surface area contributed by atoms with Crippen LogP contribution >= 0.6 is 0 Å². The third kappa shape index (κ3) is 2.98. The molecule has 3 nitrogen and oxygen atoms in total. The van der Waals surface area contributed by atoms with Crippen molar-refractivity contribution in [2.75, 3.05) is 13.1 Å². The zero-order valence-corrected chi connectivity index (χ0v) is 11.3. The normalized spacial score (nSPS) is 25.9. The molecule has 0 aromatic heterocycles. The van der Waals surface area contributed by atoms with Gasteiger partial charge in [-0.2, -0.15) is 0 Å². The van der Waals surface area contributed by atoms with Crippen molar-refractivity contribution in [1.29, 1.82) is 0 Å². The second-order valence-corrected chi connectivity index (χ2v) is 5.77. The minimum atomic E-state index is 0.218. The maximum absolute atomic E-state index is 12.1. The van der Waals surface area contributed by atoms with Gasteiger partial charge >= 0.3 is 0 Å². The molecule has 0 spiro atoms. The average Bonchev–Trinajstić information content (AvgIpc) is 2.83. The van der Waals surface area contributed by atoms with E-state index >= 15 is 0 Å². The fourth-order valence-electron chi connectivity index (χ4n) is 3.32. The number of piperidine rings is 1. The molecular formula is C16H22N2O. The van der Waals surface area contributed by atoms with E-state index in [0.29, 0.717) is 12.3 Å². The number of carbonyl (C=O) groups is 1. The van der Waals surface area contributed by atoms with Crippen LogP contribution in [0.1, 0.15) is 42.9 Å². The first-order valence-corrected chi connectivity index (χ1v) is 7.41. The van der Waals surface area contributed by atoms with Crippen LogP contribution in [0.3, 0.4) is 0 Å². The third-order valence-electron chi connectivity index (χ3n) is 4.34. The van der Waals surface area contributed by atoms with Crippen LogP contribution in [0.25, 0.3) is 0 Å². The number of hydrogen-bond acceptors (Lipinski definition) is 2. The Labute approximate surface area is 114 Å². The van der Waals surface area contributed by atoms with Crippen LogP contribution in [-0.4, -0.2) is 19.0 Å². The molecule has 19 heavy (non-hydrogen) atoms. The van der Waals surface area contributed by atoms with E-state index in [4.69, 9.17) is 0 Å². The molecule has 1 amide bonds. The topological polar surface area (TPSA) is 41.1 Å². The van der Waals surface area contributed by atoms with Crippen molar-refractivity contribution in [3.05, 3.63) is 35.4 Å². The number of rotatable bonds is 3. The molecule has 1 aliphatic heterocycles. The van der Waals surface area contributed by atoms with Gasteiger partial charge in [0.2, 0.25) is 5.91 Å². The second kappa shape index (κ2) is 5.74. The molecule has 1 fully saturated rings. The van der Waals surface area contributed by atoms with Gasteiger partial charge in [0.25, 0.3) is 0 Å². The zero-order valence-electron chi connectivity index (χ0n) is 11.3. The summed E-state index contributed by atoms with van der Waals surface area (Å²) in [6.45, 7) is 2.10. The van der Waals surface area contributed by atoms with E-state index in [-0.39, 0.29) is 11.9 Å². The first-order chi connectivity index (χ1) is 9.33. The molecule has 0 radical (unpaired) electrons. The number of nitrogens with one attached hydrogen (secondary N) is 2. The number of hydrogen-bond donors (Lipinski definition) is 2. The molecule has 2 N–H and O–H groups in total. The van der Waals surface area contributed by atoms with E-state index < -0.39 is 0 Å². The van der Waals surface area contributed by atoms with Crippen LogP contribution in [0.15, 0.2) is 24.3 Å². The highest BCUT2D eigenvalue weighted by molar-refractivity contribution is 5.77. The minimum Gasteiger partial charge on any atom is -0.349 e. The summed E-state index contributed by atoms with van der Waals surface area (Å²) in [6.07, 6.45) is 5.19. The van der Waals surface area contributed by atoms with E-state index in [1.54, 1.807) is 0 Å². The van der Waals surface area contributed by atoms with Gasteiger partial charge in [-0.05, 0) is 55.8 Å². The molecule has 2 atom stereocenters. The van der Waals surface area contributed by atoms with E-state index in [1.807, 2.05) is 0 Å². The van der Waals surface area contributed by atoms with E-state index in [0.717, 1.165) is 25.9 Å². The fraction of sp³-hybridized carbons (Fsp3) is 0.562. The maximum atomic E-state index is 12.1. The molecule has 1 aromatic rings. The van der Waals surface area contributed by atoms with Crippen molar-refractivity contribution in [2.24, 2.45) is 5.92 Å². The number of fused-ring (bicyclic) bond motifs is 1. The Hall–Kier alpha value is -1.35. The smallest absolute Gasteiger partial charge is 0.220 e. The van der Waals surface area contributed by atoms with Gasteiger partial charge in [0.15, 0.2) is 0 Å². The largest absolute Gasteiger partial charge is 0.349 e. The lowest BCUT2D eigenvalue weighted by Gasteiger charge is -2.23. The lowest BCUT2D eigenvalue weighted by atomic mass is 9.95. The van der Waals surface area contributed by atoms with Crippen molar-refractivity contribution in [1.82, 2.24) is 10.6 Å². The Balaban J connectivity index is 1.55. The molecule has 0 bridgehead atoms. The highest BCUT2D eigenvalue weighted by Gasteiger charge is 2.24. The first-order valence-electron chi connectivity index (χ1n) is 7.41. The minimum absolute atomic E-state index is 0.218. The summed E-state index contributed by atoms with van der Waals surface area (Å²) in [6, 6.07) is 8.70. The average molecular weight is 258 g/mol. The molecule has 1 heterocycles. The van der Waals surface area contributed by atoms with Gasteiger partial charge in [-0.1, -0.05) is 24.3 Å². The number of benzene rings is 1. The van der Waals surface area contributed by atoms with Gasteiger partial charge in [-0.25, -0.2) is 0 Å². The summed E-state index contributed by atoms with van der Waals surface area (Å²) in [7, 11) is 0. The monoisotopic (exact) mass is 258 g/mol. The molecule has 1 saturated heterocycles. The van der Waals surface area contributed by atoms with Crippen molar-refractivity contribution < 1.29 is 4.79 Å². The van der Waals surface area contributed by atoms with Crippen molar-refractivity contribution >= 4 is 5.91 Å². The van der Waals surface area contributed by atoms with E-state index in [1.165, 1.54) is 24.0 Å². The number of carbonyl (C=O) groups excluding carboxylic acids is 1. The van der Waals surface area contributed by atoms with E-state index in [2.05, 4.69) is 34.9 Å². The fourth-order valence-corrected chi connectivity index (χ4v) is 3.32. The van der Waals surface area contributed by atoms with Gasteiger partial charge in [-0.3, -0.25) is 4.79 Å². The molecule has 2 unspecified atom stereocenters. The van der Waals surface area contributed by atoms with Crippen LogP contribution in [-0.2, 0) is 11.2 Å². The Morgan fingerprint density at radius 1 is 1.32 bits per heavy atom. The molecule has 2 aliphatic rings. The Morgan fingerprint density at radius 2 is 2.21 bits per heavy atom. The molecule has 1 aromatic carbocycles. The van der Waals surface area contributed by atoms with Crippen LogP contribution < -0.4 is 10.6 Å². The summed E-state index contributed by atoms with van der Waals surface area (Å²) < 4.78 is 0. The van der Waals surface area contributed by atoms with E-state index in [9.17, 15) is 4.79 Å².